The highest BCUT2D eigenvalue weighted by molar-refractivity contribution is 9.10. The summed E-state index contributed by atoms with van der Waals surface area (Å²) in [5.74, 6) is -0.212. The Bertz CT molecular complexity index is 432. The number of carbonyl (C=O) groups excluding carboxylic acids is 1. The second-order valence-corrected chi connectivity index (χ2v) is 5.05. The lowest BCUT2D eigenvalue weighted by Crippen LogP contribution is -2.07. The van der Waals surface area contributed by atoms with Crippen LogP contribution in [0.3, 0.4) is 0 Å². The molecule has 0 radical (unpaired) electrons. The Hall–Kier alpha value is -1.23. The summed E-state index contributed by atoms with van der Waals surface area (Å²) in [7, 11) is 1.45. The van der Waals surface area contributed by atoms with Crippen LogP contribution in [0.15, 0.2) is 16.6 Å². The smallest absolute Gasteiger partial charge is 0.339 e. The first-order chi connectivity index (χ1) is 9.10. The quantitative estimate of drug-likeness (QED) is 0.608. The minimum absolute atomic E-state index is 0.0800. The number of phenols is 1. The van der Waals surface area contributed by atoms with Crippen molar-refractivity contribution in [2.75, 3.05) is 13.7 Å². The van der Waals surface area contributed by atoms with Gasteiger partial charge in [0.2, 0.25) is 0 Å². The molecule has 0 spiro atoms. The van der Waals surface area contributed by atoms with E-state index in [-0.39, 0.29) is 5.75 Å². The highest BCUT2D eigenvalue weighted by Crippen LogP contribution is 2.32. The largest absolute Gasteiger partial charge is 0.504 e. The maximum atomic E-state index is 11.8. The third kappa shape index (κ3) is 4.74. The minimum Gasteiger partial charge on any atom is -0.504 e. The lowest BCUT2D eigenvalue weighted by Gasteiger charge is -2.09. The summed E-state index contributed by atoms with van der Waals surface area (Å²) in [6.07, 6.45) is 4.20. The number of phenolic OH excluding ortho intramolecular Hbond substituents is 1. The number of halogens is 1. The fraction of sp³-hybridized carbons (Fsp3) is 0.500. The van der Waals surface area contributed by atoms with Crippen molar-refractivity contribution in [3.05, 3.63) is 22.2 Å². The Balaban J connectivity index is 2.59. The van der Waals surface area contributed by atoms with Gasteiger partial charge in [0.1, 0.15) is 0 Å². The molecule has 0 aromatic heterocycles. The molecule has 0 amide bonds. The Labute approximate surface area is 121 Å². The van der Waals surface area contributed by atoms with Crippen molar-refractivity contribution in [2.24, 2.45) is 0 Å². The predicted molar refractivity (Wildman–Crippen MR) is 76.8 cm³/mol. The molecule has 1 N–H and O–H groups in total. The molecule has 0 aliphatic rings. The van der Waals surface area contributed by atoms with Crippen LogP contribution in [0.4, 0.5) is 0 Å². The first-order valence-electron chi connectivity index (χ1n) is 6.33. The van der Waals surface area contributed by atoms with E-state index in [1.807, 2.05) is 0 Å². The van der Waals surface area contributed by atoms with Crippen LogP contribution in [0.5, 0.6) is 11.5 Å². The molecule has 0 bridgehead atoms. The molecule has 0 heterocycles. The van der Waals surface area contributed by atoms with E-state index in [0.717, 1.165) is 25.7 Å². The Morgan fingerprint density at radius 1 is 1.32 bits per heavy atom. The fourth-order valence-corrected chi connectivity index (χ4v) is 2.12. The van der Waals surface area contributed by atoms with Crippen molar-refractivity contribution in [1.82, 2.24) is 0 Å². The molecule has 0 aliphatic heterocycles. The normalized spacial score (nSPS) is 10.3. The summed E-state index contributed by atoms with van der Waals surface area (Å²) in [5, 5.41) is 9.65. The first-order valence-corrected chi connectivity index (χ1v) is 7.13. The summed E-state index contributed by atoms with van der Waals surface area (Å²) >= 11 is 3.26. The summed E-state index contributed by atoms with van der Waals surface area (Å²) in [5.41, 5.74) is 0.300. The van der Waals surface area contributed by atoms with Gasteiger partial charge in [-0.05, 0) is 34.5 Å². The van der Waals surface area contributed by atoms with Crippen LogP contribution in [0.25, 0.3) is 0 Å². The van der Waals surface area contributed by atoms with Crippen molar-refractivity contribution >= 4 is 21.9 Å². The van der Waals surface area contributed by atoms with Crippen LogP contribution in [0.2, 0.25) is 0 Å². The van der Waals surface area contributed by atoms with Crippen LogP contribution in [-0.2, 0) is 4.74 Å². The van der Waals surface area contributed by atoms with Gasteiger partial charge in [0.25, 0.3) is 0 Å². The number of unbranched alkanes of at least 4 members (excludes halogenated alkanes) is 3. The molecule has 1 aromatic rings. The van der Waals surface area contributed by atoms with E-state index in [1.165, 1.54) is 13.2 Å². The molecule has 0 atom stereocenters. The number of esters is 1. The lowest BCUT2D eigenvalue weighted by atomic mass is 10.2. The van der Waals surface area contributed by atoms with Crippen molar-refractivity contribution in [3.8, 4) is 11.5 Å². The molecular weight excluding hydrogens is 312 g/mol. The summed E-state index contributed by atoms with van der Waals surface area (Å²) in [4.78, 5) is 11.8. The highest BCUT2D eigenvalue weighted by atomic mass is 79.9. The van der Waals surface area contributed by atoms with Gasteiger partial charge in [0.05, 0.1) is 19.3 Å². The van der Waals surface area contributed by atoms with Crippen molar-refractivity contribution in [3.63, 3.8) is 0 Å². The van der Waals surface area contributed by atoms with Crippen LogP contribution in [-0.4, -0.2) is 24.8 Å². The van der Waals surface area contributed by atoms with Gasteiger partial charge in [-0.2, -0.15) is 0 Å². The topological polar surface area (TPSA) is 55.8 Å². The van der Waals surface area contributed by atoms with Crippen LogP contribution >= 0.6 is 15.9 Å². The van der Waals surface area contributed by atoms with E-state index in [1.54, 1.807) is 6.07 Å². The maximum Gasteiger partial charge on any atom is 0.339 e. The number of aromatic hydroxyl groups is 1. The van der Waals surface area contributed by atoms with E-state index in [9.17, 15) is 9.90 Å². The molecule has 0 unspecified atom stereocenters. The van der Waals surface area contributed by atoms with E-state index < -0.39 is 5.97 Å². The molecule has 1 rings (SSSR count). The third-order valence-corrected chi connectivity index (χ3v) is 3.38. The van der Waals surface area contributed by atoms with Crippen molar-refractivity contribution in [1.29, 1.82) is 0 Å². The molecule has 0 saturated carbocycles. The van der Waals surface area contributed by atoms with Gasteiger partial charge in [-0.15, -0.1) is 0 Å². The molecule has 106 valence electrons. The van der Waals surface area contributed by atoms with Gasteiger partial charge in [0, 0.05) is 4.47 Å². The molecular formula is C14H19BrO4. The number of ether oxygens (including phenoxy) is 2. The highest BCUT2D eigenvalue weighted by Gasteiger charge is 2.15. The number of hydrogen-bond acceptors (Lipinski definition) is 4. The first kappa shape index (κ1) is 15.8. The molecule has 5 heteroatoms. The van der Waals surface area contributed by atoms with Crippen molar-refractivity contribution in [2.45, 2.75) is 32.6 Å². The van der Waals surface area contributed by atoms with Crippen LogP contribution < -0.4 is 4.74 Å². The fourth-order valence-electron chi connectivity index (χ4n) is 1.63. The van der Waals surface area contributed by atoms with Crippen molar-refractivity contribution < 1.29 is 19.4 Å². The zero-order chi connectivity index (χ0) is 14.3. The number of hydrogen-bond donors (Lipinski definition) is 1. The minimum atomic E-state index is -0.443. The SMILES string of the molecule is CCCCCCOC(=O)c1cc(O)c(OC)cc1Br. The van der Waals surface area contributed by atoms with E-state index >= 15 is 0 Å². The van der Waals surface area contributed by atoms with E-state index in [4.69, 9.17) is 9.47 Å². The Morgan fingerprint density at radius 2 is 2.05 bits per heavy atom. The van der Waals surface area contributed by atoms with Gasteiger partial charge >= 0.3 is 5.97 Å². The third-order valence-electron chi connectivity index (χ3n) is 2.72. The standard InChI is InChI=1S/C14H19BrO4/c1-3-4-5-6-7-19-14(17)10-8-12(16)13(18-2)9-11(10)15/h8-9,16H,3-7H2,1-2H3. The molecule has 0 fully saturated rings. The number of carbonyl (C=O) groups is 1. The lowest BCUT2D eigenvalue weighted by molar-refractivity contribution is 0.0496. The van der Waals surface area contributed by atoms with Crippen LogP contribution in [0.1, 0.15) is 43.0 Å². The molecule has 0 aliphatic carbocycles. The van der Waals surface area contributed by atoms with E-state index in [0.29, 0.717) is 22.4 Å². The maximum absolute atomic E-state index is 11.8. The Morgan fingerprint density at radius 3 is 2.68 bits per heavy atom. The summed E-state index contributed by atoms with van der Waals surface area (Å²) in [6, 6.07) is 2.89. The monoisotopic (exact) mass is 330 g/mol. The van der Waals surface area contributed by atoms with Gasteiger partial charge < -0.3 is 14.6 Å². The van der Waals surface area contributed by atoms with Gasteiger partial charge in [-0.1, -0.05) is 26.2 Å². The van der Waals surface area contributed by atoms with Gasteiger partial charge in [-0.25, -0.2) is 4.79 Å². The zero-order valence-corrected chi connectivity index (χ0v) is 12.8. The summed E-state index contributed by atoms with van der Waals surface area (Å²) in [6.45, 7) is 2.53. The van der Waals surface area contributed by atoms with Crippen LogP contribution in [0, 0.1) is 0 Å². The Kier molecular flexibility index (Phi) is 6.70. The second kappa shape index (κ2) is 8.04. The zero-order valence-electron chi connectivity index (χ0n) is 11.2. The van der Waals surface area contributed by atoms with Gasteiger partial charge in [-0.3, -0.25) is 0 Å². The molecule has 19 heavy (non-hydrogen) atoms. The van der Waals surface area contributed by atoms with E-state index in [2.05, 4.69) is 22.9 Å². The second-order valence-electron chi connectivity index (χ2n) is 4.20. The summed E-state index contributed by atoms with van der Waals surface area (Å²) < 4.78 is 10.7. The average Bonchev–Trinajstić information content (AvgIpc) is 2.40. The predicted octanol–water partition coefficient (Wildman–Crippen LogP) is 3.90. The average molecular weight is 331 g/mol. The molecule has 4 nitrogen and oxygen atoms in total. The number of methoxy groups -OCH3 is 1. The molecule has 1 aromatic carbocycles. The van der Waals surface area contributed by atoms with Gasteiger partial charge in [0.15, 0.2) is 11.5 Å². The number of benzene rings is 1. The molecule has 0 saturated heterocycles. The number of rotatable bonds is 7.